The predicted molar refractivity (Wildman–Crippen MR) is 94.0 cm³/mol. The van der Waals surface area contributed by atoms with Crippen molar-refractivity contribution in [3.05, 3.63) is 34.5 Å². The minimum Gasteiger partial charge on any atom is -0.383 e. The van der Waals surface area contributed by atoms with Gasteiger partial charge in [-0.05, 0) is 23.4 Å². The minimum absolute atomic E-state index is 0.587. The lowest BCUT2D eigenvalue weighted by Crippen LogP contribution is -2.30. The van der Waals surface area contributed by atoms with Crippen molar-refractivity contribution in [1.29, 1.82) is 0 Å². The summed E-state index contributed by atoms with van der Waals surface area (Å²) in [5.74, 6) is 1.61. The zero-order valence-corrected chi connectivity index (χ0v) is 13.7. The summed E-state index contributed by atoms with van der Waals surface area (Å²) in [6.07, 6.45) is 4.12. The van der Waals surface area contributed by atoms with Gasteiger partial charge in [-0.15, -0.1) is 22.7 Å². The van der Waals surface area contributed by atoms with Gasteiger partial charge in [-0.3, -0.25) is 0 Å². The second-order valence-corrected chi connectivity index (χ2v) is 7.45. The molecule has 5 heterocycles. The van der Waals surface area contributed by atoms with E-state index in [1.807, 2.05) is 6.07 Å². The van der Waals surface area contributed by atoms with E-state index in [1.54, 1.807) is 29.0 Å². The Bertz CT molecular complexity index is 1040. The highest BCUT2D eigenvalue weighted by Gasteiger charge is 2.25. The van der Waals surface area contributed by atoms with Crippen molar-refractivity contribution >= 4 is 54.7 Å². The maximum atomic E-state index is 6.05. The molecule has 0 fully saturated rings. The van der Waals surface area contributed by atoms with E-state index in [0.717, 1.165) is 45.8 Å². The third-order valence-electron chi connectivity index (χ3n) is 4.19. The molecule has 0 radical (unpaired) electrons. The topological polar surface area (TPSA) is 80.8 Å². The van der Waals surface area contributed by atoms with Gasteiger partial charge in [0.05, 0.1) is 22.1 Å². The Labute approximate surface area is 139 Å². The Morgan fingerprint density at radius 1 is 1.13 bits per heavy atom. The van der Waals surface area contributed by atoms with Crippen LogP contribution in [-0.2, 0) is 13.0 Å². The number of hydrogen-bond donors (Lipinski definition) is 1. The summed E-state index contributed by atoms with van der Waals surface area (Å²) in [6.45, 7) is 1.75. The fourth-order valence-corrected chi connectivity index (χ4v) is 5.21. The molecule has 4 aromatic rings. The molecule has 1 aliphatic rings. The predicted octanol–water partition coefficient (Wildman–Crippen LogP) is 2.84. The molecule has 4 aromatic heterocycles. The highest BCUT2D eigenvalue weighted by atomic mass is 32.1. The third-order valence-corrected chi connectivity index (χ3v) is 6.21. The summed E-state index contributed by atoms with van der Waals surface area (Å²) < 4.78 is 1.15. The molecule has 0 aliphatic carbocycles. The van der Waals surface area contributed by atoms with Gasteiger partial charge in [-0.25, -0.2) is 19.9 Å². The number of fused-ring (bicyclic) bond motifs is 4. The van der Waals surface area contributed by atoms with Gasteiger partial charge in [-0.2, -0.15) is 0 Å². The second-order valence-electron chi connectivity index (χ2n) is 5.45. The Kier molecular flexibility index (Phi) is 2.77. The van der Waals surface area contributed by atoms with Gasteiger partial charge in [0.1, 0.15) is 29.1 Å². The monoisotopic (exact) mass is 340 g/mol. The quantitative estimate of drug-likeness (QED) is 0.574. The molecule has 0 saturated carbocycles. The van der Waals surface area contributed by atoms with E-state index >= 15 is 0 Å². The van der Waals surface area contributed by atoms with Crippen LogP contribution in [0.15, 0.2) is 24.1 Å². The van der Waals surface area contributed by atoms with E-state index in [-0.39, 0.29) is 0 Å². The van der Waals surface area contributed by atoms with Gasteiger partial charge in [-0.1, -0.05) is 0 Å². The van der Waals surface area contributed by atoms with Crippen LogP contribution >= 0.6 is 22.7 Å². The van der Waals surface area contributed by atoms with Crippen LogP contribution in [0.2, 0.25) is 0 Å². The van der Waals surface area contributed by atoms with Gasteiger partial charge in [0.15, 0.2) is 0 Å². The fourth-order valence-electron chi connectivity index (χ4n) is 3.13. The van der Waals surface area contributed by atoms with Crippen LogP contribution in [0.3, 0.4) is 0 Å². The summed E-state index contributed by atoms with van der Waals surface area (Å²) in [6, 6.07) is 2.04. The van der Waals surface area contributed by atoms with Crippen LogP contribution in [0.4, 0.5) is 11.6 Å². The molecule has 0 saturated heterocycles. The average Bonchev–Trinajstić information content (AvgIpc) is 3.18. The highest BCUT2D eigenvalue weighted by Crippen LogP contribution is 2.38. The number of aromatic nitrogens is 4. The molecule has 6 nitrogen and oxygen atoms in total. The third kappa shape index (κ3) is 1.91. The molecule has 1 aliphatic heterocycles. The molecule has 0 atom stereocenters. The van der Waals surface area contributed by atoms with Crippen LogP contribution < -0.4 is 10.6 Å². The van der Waals surface area contributed by atoms with E-state index in [9.17, 15) is 0 Å². The van der Waals surface area contributed by atoms with Crippen molar-refractivity contribution in [1.82, 2.24) is 19.9 Å². The fraction of sp³-hybridized carbons (Fsp3) is 0.200. The molecule has 114 valence electrons. The number of rotatable bonds is 1. The number of nitrogen functional groups attached to an aromatic ring is 1. The molecule has 0 unspecified atom stereocenters. The van der Waals surface area contributed by atoms with Gasteiger partial charge < -0.3 is 10.6 Å². The maximum Gasteiger partial charge on any atom is 0.150 e. The van der Waals surface area contributed by atoms with Crippen LogP contribution in [0.5, 0.6) is 0 Å². The van der Waals surface area contributed by atoms with Crippen LogP contribution in [0, 0.1) is 0 Å². The maximum absolute atomic E-state index is 6.05. The zero-order chi connectivity index (χ0) is 15.4. The lowest BCUT2D eigenvalue weighted by atomic mass is 10.1. The van der Waals surface area contributed by atoms with Gasteiger partial charge in [0.2, 0.25) is 0 Å². The van der Waals surface area contributed by atoms with Gasteiger partial charge in [0, 0.05) is 11.4 Å². The Morgan fingerprint density at radius 3 is 3.00 bits per heavy atom. The van der Waals surface area contributed by atoms with Crippen molar-refractivity contribution in [3.8, 4) is 0 Å². The Hall–Kier alpha value is -2.32. The first-order valence-corrected chi connectivity index (χ1v) is 8.95. The summed E-state index contributed by atoms with van der Waals surface area (Å²) >= 11 is 3.40. The molecule has 8 heteroatoms. The molecule has 0 aromatic carbocycles. The van der Waals surface area contributed by atoms with Crippen LogP contribution in [0.1, 0.15) is 10.4 Å². The van der Waals surface area contributed by atoms with Gasteiger partial charge >= 0.3 is 0 Å². The zero-order valence-electron chi connectivity index (χ0n) is 12.1. The van der Waals surface area contributed by atoms with Crippen molar-refractivity contribution < 1.29 is 0 Å². The number of nitrogens with zero attached hydrogens (tertiary/aromatic N) is 5. The summed E-state index contributed by atoms with van der Waals surface area (Å²) in [5, 5.41) is 3.10. The molecule has 5 rings (SSSR count). The normalized spacial score (nSPS) is 14.5. The molecular weight excluding hydrogens is 328 g/mol. The van der Waals surface area contributed by atoms with E-state index in [2.05, 4.69) is 30.2 Å². The van der Waals surface area contributed by atoms with Crippen LogP contribution in [-0.4, -0.2) is 26.5 Å². The van der Waals surface area contributed by atoms with Crippen molar-refractivity contribution in [3.63, 3.8) is 0 Å². The molecule has 2 N–H and O–H groups in total. The molecule has 0 bridgehead atoms. The lowest BCUT2D eigenvalue weighted by molar-refractivity contribution is 0.739. The lowest BCUT2D eigenvalue weighted by Gasteiger charge is -2.28. The second kappa shape index (κ2) is 4.84. The SMILES string of the molecule is Nc1ncnc2sc3c(c12)CCN(c1ncnc2ccsc12)C3. The average molecular weight is 340 g/mol. The summed E-state index contributed by atoms with van der Waals surface area (Å²) in [4.78, 5) is 22.0. The first-order valence-electron chi connectivity index (χ1n) is 7.25. The van der Waals surface area contributed by atoms with E-state index in [4.69, 9.17) is 5.73 Å². The number of thiophene rings is 2. The molecule has 23 heavy (non-hydrogen) atoms. The summed E-state index contributed by atoms with van der Waals surface area (Å²) in [5.41, 5.74) is 8.37. The van der Waals surface area contributed by atoms with Crippen molar-refractivity contribution in [2.75, 3.05) is 17.2 Å². The van der Waals surface area contributed by atoms with Crippen LogP contribution in [0.25, 0.3) is 20.4 Å². The van der Waals surface area contributed by atoms with Gasteiger partial charge in [0.25, 0.3) is 0 Å². The summed E-state index contributed by atoms with van der Waals surface area (Å²) in [7, 11) is 0. The van der Waals surface area contributed by atoms with E-state index < -0.39 is 0 Å². The highest BCUT2D eigenvalue weighted by molar-refractivity contribution is 7.19. The Balaban J connectivity index is 1.62. The van der Waals surface area contributed by atoms with E-state index in [0.29, 0.717) is 5.82 Å². The molecule has 0 spiro atoms. The smallest absolute Gasteiger partial charge is 0.150 e. The first kappa shape index (κ1) is 13.1. The standard InChI is InChI=1S/C15H12N6S2/c16-13-11-8-1-3-21(5-10(8)23-15(11)20-7-18-13)14-12-9(2-4-22-12)17-6-19-14/h2,4,6-7H,1,3,5H2,(H2,16,18,20). The van der Waals surface area contributed by atoms with Crippen molar-refractivity contribution in [2.45, 2.75) is 13.0 Å². The minimum atomic E-state index is 0.587. The number of anilines is 2. The molecule has 0 amide bonds. The first-order chi connectivity index (χ1) is 11.3. The number of nitrogens with two attached hydrogens (primary N) is 1. The Morgan fingerprint density at radius 2 is 2.04 bits per heavy atom. The largest absolute Gasteiger partial charge is 0.383 e. The molecular formula is C15H12N6S2. The number of hydrogen-bond acceptors (Lipinski definition) is 8. The van der Waals surface area contributed by atoms with E-state index in [1.165, 1.54) is 16.8 Å². The van der Waals surface area contributed by atoms with Crippen molar-refractivity contribution in [2.24, 2.45) is 0 Å².